The largest absolute Gasteiger partial charge is 0.454 e. The first-order valence-electron chi connectivity index (χ1n) is 4.97. The molecule has 0 aromatic heterocycles. The van der Waals surface area contributed by atoms with Crippen LogP contribution < -0.4 is 9.47 Å². The monoisotopic (exact) mass is 210 g/mol. The molecule has 0 amide bonds. The standard InChI is InChI=1S/C11H14O4/c12-4-6-13-5-3-9-1-2-10-11(7-9)15-8-14-10/h1-2,7,12H,3-6,8H2. The summed E-state index contributed by atoms with van der Waals surface area (Å²) in [6, 6.07) is 5.87. The molecule has 1 aromatic carbocycles. The molecule has 82 valence electrons. The SMILES string of the molecule is OCCOCCc1ccc2c(c1)OCO2. The Morgan fingerprint density at radius 1 is 1.20 bits per heavy atom. The molecule has 4 heteroatoms. The minimum absolute atomic E-state index is 0.0706. The fourth-order valence-electron chi connectivity index (χ4n) is 1.45. The summed E-state index contributed by atoms with van der Waals surface area (Å²) in [5, 5.41) is 8.53. The first-order valence-corrected chi connectivity index (χ1v) is 4.97. The van der Waals surface area contributed by atoms with E-state index in [1.807, 2.05) is 18.2 Å². The molecule has 0 fully saturated rings. The van der Waals surface area contributed by atoms with Crippen molar-refractivity contribution in [3.05, 3.63) is 23.8 Å². The van der Waals surface area contributed by atoms with E-state index in [0.717, 1.165) is 23.5 Å². The number of hydrogen-bond acceptors (Lipinski definition) is 4. The number of fused-ring (bicyclic) bond motifs is 1. The molecule has 0 unspecified atom stereocenters. The van der Waals surface area contributed by atoms with Gasteiger partial charge in [0.05, 0.1) is 19.8 Å². The average Bonchev–Trinajstić information content (AvgIpc) is 2.71. The highest BCUT2D eigenvalue weighted by Gasteiger charge is 2.12. The lowest BCUT2D eigenvalue weighted by molar-refractivity contribution is 0.0944. The Balaban J connectivity index is 1.87. The van der Waals surface area contributed by atoms with Crippen LogP contribution >= 0.6 is 0 Å². The van der Waals surface area contributed by atoms with Gasteiger partial charge in [0.15, 0.2) is 11.5 Å². The van der Waals surface area contributed by atoms with Crippen molar-refractivity contribution < 1.29 is 19.3 Å². The van der Waals surface area contributed by atoms with Crippen molar-refractivity contribution >= 4 is 0 Å². The summed E-state index contributed by atoms with van der Waals surface area (Å²) in [7, 11) is 0. The van der Waals surface area contributed by atoms with Gasteiger partial charge >= 0.3 is 0 Å². The molecule has 0 saturated heterocycles. The van der Waals surface area contributed by atoms with Gasteiger partial charge in [0.1, 0.15) is 0 Å². The van der Waals surface area contributed by atoms with Gasteiger partial charge in [0, 0.05) is 0 Å². The molecule has 1 aliphatic heterocycles. The van der Waals surface area contributed by atoms with E-state index in [1.165, 1.54) is 0 Å². The average molecular weight is 210 g/mol. The molecule has 1 heterocycles. The number of aliphatic hydroxyl groups excluding tert-OH is 1. The molecular weight excluding hydrogens is 196 g/mol. The molecule has 0 aliphatic carbocycles. The summed E-state index contributed by atoms with van der Waals surface area (Å²) >= 11 is 0. The molecule has 0 bridgehead atoms. The van der Waals surface area contributed by atoms with E-state index >= 15 is 0 Å². The van der Waals surface area contributed by atoms with E-state index in [9.17, 15) is 0 Å². The molecule has 0 spiro atoms. The van der Waals surface area contributed by atoms with Gasteiger partial charge in [0.2, 0.25) is 6.79 Å². The number of ether oxygens (including phenoxy) is 3. The minimum atomic E-state index is 0.0706. The molecule has 1 aliphatic rings. The fourth-order valence-corrected chi connectivity index (χ4v) is 1.45. The zero-order valence-electron chi connectivity index (χ0n) is 8.44. The zero-order chi connectivity index (χ0) is 10.5. The van der Waals surface area contributed by atoms with Gasteiger partial charge < -0.3 is 19.3 Å². The predicted molar refractivity (Wildman–Crippen MR) is 54.2 cm³/mol. The quantitative estimate of drug-likeness (QED) is 0.735. The van der Waals surface area contributed by atoms with Crippen LogP contribution in [-0.2, 0) is 11.2 Å². The van der Waals surface area contributed by atoms with Crippen molar-refractivity contribution in [2.24, 2.45) is 0 Å². The van der Waals surface area contributed by atoms with Gasteiger partial charge in [-0.15, -0.1) is 0 Å². The minimum Gasteiger partial charge on any atom is -0.454 e. The number of benzene rings is 1. The molecule has 2 rings (SSSR count). The van der Waals surface area contributed by atoms with Gasteiger partial charge in [-0.2, -0.15) is 0 Å². The molecular formula is C11H14O4. The highest BCUT2D eigenvalue weighted by Crippen LogP contribution is 2.32. The van der Waals surface area contributed by atoms with Crippen LogP contribution in [0, 0.1) is 0 Å². The third-order valence-electron chi connectivity index (χ3n) is 2.21. The maximum Gasteiger partial charge on any atom is 0.231 e. The van der Waals surface area contributed by atoms with Crippen LogP contribution in [0.2, 0.25) is 0 Å². The van der Waals surface area contributed by atoms with E-state index in [4.69, 9.17) is 19.3 Å². The fraction of sp³-hybridized carbons (Fsp3) is 0.455. The van der Waals surface area contributed by atoms with Crippen molar-refractivity contribution in [3.8, 4) is 11.5 Å². The smallest absolute Gasteiger partial charge is 0.231 e. The summed E-state index contributed by atoms with van der Waals surface area (Å²) in [4.78, 5) is 0. The first-order chi connectivity index (χ1) is 7.40. The Kier molecular flexibility index (Phi) is 3.42. The van der Waals surface area contributed by atoms with E-state index in [-0.39, 0.29) is 6.61 Å². The lowest BCUT2D eigenvalue weighted by Crippen LogP contribution is -2.03. The van der Waals surface area contributed by atoms with E-state index in [2.05, 4.69) is 0 Å². The Labute approximate surface area is 88.4 Å². The third-order valence-corrected chi connectivity index (χ3v) is 2.21. The normalized spacial score (nSPS) is 13.1. The van der Waals surface area contributed by atoms with E-state index in [0.29, 0.717) is 20.0 Å². The van der Waals surface area contributed by atoms with Gasteiger partial charge in [-0.3, -0.25) is 0 Å². The molecule has 0 radical (unpaired) electrons. The number of rotatable bonds is 5. The van der Waals surface area contributed by atoms with Gasteiger partial charge in [-0.1, -0.05) is 6.07 Å². The first kappa shape index (κ1) is 10.3. The topological polar surface area (TPSA) is 47.9 Å². The van der Waals surface area contributed by atoms with Crippen molar-refractivity contribution in [1.29, 1.82) is 0 Å². The van der Waals surface area contributed by atoms with Crippen LogP contribution in [0.3, 0.4) is 0 Å². The van der Waals surface area contributed by atoms with Crippen LogP contribution in [0.5, 0.6) is 11.5 Å². The molecule has 4 nitrogen and oxygen atoms in total. The molecule has 1 N–H and O–H groups in total. The summed E-state index contributed by atoms with van der Waals surface area (Å²) in [6.45, 7) is 1.38. The summed E-state index contributed by atoms with van der Waals surface area (Å²) in [6.07, 6.45) is 0.816. The summed E-state index contributed by atoms with van der Waals surface area (Å²) < 4.78 is 15.7. The van der Waals surface area contributed by atoms with Crippen molar-refractivity contribution in [1.82, 2.24) is 0 Å². The second-order valence-electron chi connectivity index (χ2n) is 3.27. The number of aliphatic hydroxyl groups is 1. The van der Waals surface area contributed by atoms with Crippen molar-refractivity contribution in [3.63, 3.8) is 0 Å². The van der Waals surface area contributed by atoms with Crippen LogP contribution in [0.1, 0.15) is 5.56 Å². The van der Waals surface area contributed by atoms with Gasteiger partial charge in [0.25, 0.3) is 0 Å². The summed E-state index contributed by atoms with van der Waals surface area (Å²) in [5.74, 6) is 1.60. The van der Waals surface area contributed by atoms with Gasteiger partial charge in [-0.25, -0.2) is 0 Å². The highest BCUT2D eigenvalue weighted by atomic mass is 16.7. The molecule has 1 aromatic rings. The summed E-state index contributed by atoms with van der Waals surface area (Å²) in [5.41, 5.74) is 1.15. The second-order valence-corrected chi connectivity index (χ2v) is 3.27. The molecule has 0 atom stereocenters. The Morgan fingerprint density at radius 2 is 2.07 bits per heavy atom. The van der Waals surface area contributed by atoms with Crippen molar-refractivity contribution in [2.75, 3.05) is 26.6 Å². The van der Waals surface area contributed by atoms with E-state index in [1.54, 1.807) is 0 Å². The lowest BCUT2D eigenvalue weighted by Gasteiger charge is -2.03. The van der Waals surface area contributed by atoms with Crippen LogP contribution in [0.4, 0.5) is 0 Å². The van der Waals surface area contributed by atoms with Gasteiger partial charge in [-0.05, 0) is 24.1 Å². The Morgan fingerprint density at radius 3 is 2.93 bits per heavy atom. The maximum atomic E-state index is 8.53. The number of hydrogen-bond donors (Lipinski definition) is 1. The molecule has 15 heavy (non-hydrogen) atoms. The second kappa shape index (κ2) is 5.00. The highest BCUT2D eigenvalue weighted by molar-refractivity contribution is 5.44. The Bertz CT molecular complexity index is 324. The van der Waals surface area contributed by atoms with Crippen molar-refractivity contribution in [2.45, 2.75) is 6.42 Å². The Hall–Kier alpha value is -1.26. The van der Waals surface area contributed by atoms with Crippen LogP contribution in [0.15, 0.2) is 18.2 Å². The molecule has 0 saturated carbocycles. The lowest BCUT2D eigenvalue weighted by atomic mass is 10.1. The third kappa shape index (κ3) is 2.61. The van der Waals surface area contributed by atoms with Crippen LogP contribution in [0.25, 0.3) is 0 Å². The zero-order valence-corrected chi connectivity index (χ0v) is 8.44. The van der Waals surface area contributed by atoms with Crippen LogP contribution in [-0.4, -0.2) is 31.7 Å². The van der Waals surface area contributed by atoms with E-state index < -0.39 is 0 Å². The predicted octanol–water partition coefficient (Wildman–Crippen LogP) is 0.967. The maximum absolute atomic E-state index is 8.53.